The quantitative estimate of drug-likeness (QED) is 0.443. The Morgan fingerprint density at radius 2 is 1.64 bits per heavy atom. The number of benzene rings is 3. The average Bonchev–Trinajstić information content (AvgIpc) is 2.81. The van der Waals surface area contributed by atoms with Gasteiger partial charge in [0.1, 0.15) is 18.4 Å². The molecule has 33 heavy (non-hydrogen) atoms. The average molecular weight is 468 g/mol. The first kappa shape index (κ1) is 24.5. The second-order valence-electron chi connectivity index (χ2n) is 7.86. The molecule has 0 aliphatic rings. The van der Waals surface area contributed by atoms with E-state index in [9.17, 15) is 18.3 Å². The zero-order valence-electron chi connectivity index (χ0n) is 18.8. The molecule has 3 aromatic rings. The van der Waals surface area contributed by atoms with Gasteiger partial charge in [-0.2, -0.15) is 4.31 Å². The molecule has 0 aliphatic carbocycles. The second-order valence-corrected chi connectivity index (χ2v) is 9.75. The predicted molar refractivity (Wildman–Crippen MR) is 128 cm³/mol. The molecule has 0 unspecified atom stereocenters. The lowest BCUT2D eigenvalue weighted by Gasteiger charge is -2.27. The maximum atomic E-state index is 13.3. The third-order valence-electron chi connectivity index (χ3n) is 5.41. The summed E-state index contributed by atoms with van der Waals surface area (Å²) in [5, 5.41) is 9.69. The minimum Gasteiger partial charge on any atom is -0.489 e. The number of ether oxygens (including phenoxy) is 1. The third kappa shape index (κ3) is 6.43. The Morgan fingerprint density at radius 1 is 0.970 bits per heavy atom. The van der Waals surface area contributed by atoms with Gasteiger partial charge < -0.3 is 9.84 Å². The van der Waals surface area contributed by atoms with E-state index >= 15 is 0 Å². The number of aliphatic carboxylic acids is 1. The molecule has 1 N–H and O–H groups in total. The third-order valence-corrected chi connectivity index (χ3v) is 7.34. The highest BCUT2D eigenvalue weighted by atomic mass is 32.2. The first-order valence-electron chi connectivity index (χ1n) is 10.9. The SMILES string of the molecule is CC[C@H](C(=O)O)N(CCc1cccc(OCc2ccccc2)c1)S(=O)(=O)c1ccc(C)cc1. The van der Waals surface area contributed by atoms with Crippen molar-refractivity contribution in [3.8, 4) is 5.75 Å². The molecular weight excluding hydrogens is 438 g/mol. The van der Waals surface area contributed by atoms with Crippen LogP contribution >= 0.6 is 0 Å². The number of aryl methyl sites for hydroxylation is 1. The van der Waals surface area contributed by atoms with Crippen LogP contribution in [0.2, 0.25) is 0 Å². The van der Waals surface area contributed by atoms with Gasteiger partial charge in [-0.25, -0.2) is 8.42 Å². The predicted octanol–water partition coefficient (Wildman–Crippen LogP) is 4.67. The first-order valence-corrected chi connectivity index (χ1v) is 12.3. The van der Waals surface area contributed by atoms with Crippen LogP contribution in [0.1, 0.15) is 30.0 Å². The zero-order chi connectivity index (χ0) is 23.8. The number of hydrogen-bond acceptors (Lipinski definition) is 4. The highest BCUT2D eigenvalue weighted by Crippen LogP contribution is 2.22. The fourth-order valence-electron chi connectivity index (χ4n) is 3.56. The molecule has 0 aromatic heterocycles. The normalized spacial score (nSPS) is 12.5. The van der Waals surface area contributed by atoms with Gasteiger partial charge in [0.25, 0.3) is 0 Å². The van der Waals surface area contributed by atoms with Gasteiger partial charge in [0.15, 0.2) is 0 Å². The lowest BCUT2D eigenvalue weighted by atomic mass is 10.1. The standard InChI is InChI=1S/C26H29NO5S/c1-3-25(26(28)29)27(33(30,31)24-14-12-20(2)13-15-24)17-16-21-10-7-11-23(18-21)32-19-22-8-5-4-6-9-22/h4-15,18,25H,3,16-17,19H2,1-2H3,(H,28,29)/t25-/m1/s1. The van der Waals surface area contributed by atoms with Gasteiger partial charge in [0.2, 0.25) is 10.0 Å². The topological polar surface area (TPSA) is 83.9 Å². The fourth-order valence-corrected chi connectivity index (χ4v) is 5.22. The molecule has 0 heterocycles. The number of hydrogen-bond donors (Lipinski definition) is 1. The number of sulfonamides is 1. The molecule has 174 valence electrons. The molecule has 0 amide bonds. The van der Waals surface area contributed by atoms with Crippen molar-refractivity contribution in [3.63, 3.8) is 0 Å². The zero-order valence-corrected chi connectivity index (χ0v) is 19.7. The molecule has 3 aromatic carbocycles. The Morgan fingerprint density at radius 3 is 2.27 bits per heavy atom. The molecule has 6 nitrogen and oxygen atoms in total. The van der Waals surface area contributed by atoms with Crippen LogP contribution in [-0.4, -0.2) is 36.4 Å². The van der Waals surface area contributed by atoms with Crippen molar-refractivity contribution in [2.24, 2.45) is 0 Å². The van der Waals surface area contributed by atoms with E-state index in [-0.39, 0.29) is 17.9 Å². The molecule has 0 radical (unpaired) electrons. The van der Waals surface area contributed by atoms with Crippen molar-refractivity contribution >= 4 is 16.0 Å². The van der Waals surface area contributed by atoms with Crippen LogP contribution in [0.5, 0.6) is 5.75 Å². The highest BCUT2D eigenvalue weighted by Gasteiger charge is 2.34. The van der Waals surface area contributed by atoms with Crippen LogP contribution in [0.15, 0.2) is 83.8 Å². The molecule has 0 spiro atoms. The van der Waals surface area contributed by atoms with E-state index in [4.69, 9.17) is 4.74 Å². The summed E-state index contributed by atoms with van der Waals surface area (Å²) in [5.41, 5.74) is 2.84. The van der Waals surface area contributed by atoms with Gasteiger partial charge in [-0.3, -0.25) is 4.79 Å². The monoisotopic (exact) mass is 467 g/mol. The largest absolute Gasteiger partial charge is 0.489 e. The lowest BCUT2D eigenvalue weighted by Crippen LogP contribution is -2.45. The van der Waals surface area contributed by atoms with Gasteiger partial charge in [0.05, 0.1) is 4.90 Å². The number of rotatable bonds is 11. The van der Waals surface area contributed by atoms with E-state index < -0.39 is 22.0 Å². The van der Waals surface area contributed by atoms with Crippen molar-refractivity contribution in [2.45, 2.75) is 44.2 Å². The van der Waals surface area contributed by atoms with E-state index in [0.29, 0.717) is 18.8 Å². The molecular formula is C26H29NO5S. The Bertz CT molecular complexity index is 1160. The van der Waals surface area contributed by atoms with Gasteiger partial charge in [-0.05, 0) is 55.2 Å². The van der Waals surface area contributed by atoms with E-state index in [2.05, 4.69) is 0 Å². The first-order chi connectivity index (χ1) is 15.8. The minimum atomic E-state index is -3.98. The van der Waals surface area contributed by atoms with Crippen molar-refractivity contribution in [1.29, 1.82) is 0 Å². The molecule has 0 saturated heterocycles. The van der Waals surface area contributed by atoms with Crippen molar-refractivity contribution in [2.75, 3.05) is 6.54 Å². The number of nitrogens with zero attached hydrogens (tertiary/aromatic N) is 1. The second kappa shape index (κ2) is 11.1. The Hall–Kier alpha value is -3.16. The van der Waals surface area contributed by atoms with Crippen LogP contribution in [0.25, 0.3) is 0 Å². The Balaban J connectivity index is 1.78. The van der Waals surface area contributed by atoms with Crippen LogP contribution < -0.4 is 4.74 Å². The number of carbonyl (C=O) groups is 1. The van der Waals surface area contributed by atoms with Gasteiger partial charge in [-0.1, -0.05) is 67.1 Å². The summed E-state index contributed by atoms with van der Waals surface area (Å²) in [6.07, 6.45) is 0.526. The van der Waals surface area contributed by atoms with E-state index in [1.54, 1.807) is 19.1 Å². The summed E-state index contributed by atoms with van der Waals surface area (Å²) in [7, 11) is -3.98. The van der Waals surface area contributed by atoms with E-state index in [1.165, 1.54) is 12.1 Å². The van der Waals surface area contributed by atoms with Gasteiger partial charge >= 0.3 is 5.97 Å². The van der Waals surface area contributed by atoms with E-state index in [1.807, 2.05) is 61.5 Å². The van der Waals surface area contributed by atoms with Crippen molar-refractivity contribution < 1.29 is 23.1 Å². The molecule has 1 atom stereocenters. The maximum absolute atomic E-state index is 13.3. The lowest BCUT2D eigenvalue weighted by molar-refractivity contribution is -0.141. The molecule has 3 rings (SSSR count). The summed E-state index contributed by atoms with van der Waals surface area (Å²) >= 11 is 0. The number of carboxylic acids is 1. The molecule has 0 bridgehead atoms. The van der Waals surface area contributed by atoms with Crippen LogP contribution in [0.4, 0.5) is 0 Å². The summed E-state index contributed by atoms with van der Waals surface area (Å²) in [6, 6.07) is 22.6. The Kier molecular flexibility index (Phi) is 8.25. The summed E-state index contributed by atoms with van der Waals surface area (Å²) in [6.45, 7) is 4.01. The fraction of sp³-hybridized carbons (Fsp3) is 0.269. The summed E-state index contributed by atoms with van der Waals surface area (Å²) in [4.78, 5) is 12.0. The Labute approximate surface area is 195 Å². The van der Waals surface area contributed by atoms with Crippen LogP contribution in [-0.2, 0) is 27.8 Å². The van der Waals surface area contributed by atoms with Crippen LogP contribution in [0, 0.1) is 6.92 Å². The van der Waals surface area contributed by atoms with E-state index in [0.717, 1.165) is 21.0 Å². The smallest absolute Gasteiger partial charge is 0.322 e. The van der Waals surface area contributed by atoms with Gasteiger partial charge in [0, 0.05) is 6.54 Å². The maximum Gasteiger partial charge on any atom is 0.322 e. The molecule has 0 fully saturated rings. The van der Waals surface area contributed by atoms with Gasteiger partial charge in [-0.15, -0.1) is 0 Å². The van der Waals surface area contributed by atoms with Crippen LogP contribution in [0.3, 0.4) is 0 Å². The number of carboxylic acid groups (broad SMARTS) is 1. The highest BCUT2D eigenvalue weighted by molar-refractivity contribution is 7.89. The van der Waals surface area contributed by atoms with Crippen molar-refractivity contribution in [3.05, 3.63) is 95.6 Å². The summed E-state index contributed by atoms with van der Waals surface area (Å²) < 4.78 is 33.6. The summed E-state index contributed by atoms with van der Waals surface area (Å²) in [5.74, 6) is -0.484. The van der Waals surface area contributed by atoms with Crippen molar-refractivity contribution in [1.82, 2.24) is 4.31 Å². The molecule has 0 aliphatic heterocycles. The molecule has 0 saturated carbocycles. The minimum absolute atomic E-state index is 0.0448. The molecule has 7 heteroatoms.